The summed E-state index contributed by atoms with van der Waals surface area (Å²) in [5, 5.41) is 3.84. The maximum absolute atomic E-state index is 12.9. The molecule has 2 amide bonds. The number of thiophene rings is 1. The van der Waals surface area contributed by atoms with Crippen LogP contribution in [0.5, 0.6) is 0 Å². The highest BCUT2D eigenvalue weighted by Gasteiger charge is 2.25. The minimum atomic E-state index is -0.172. The number of carbonyl (C=O) groups excluding carboxylic acids is 2. The van der Waals surface area contributed by atoms with Crippen molar-refractivity contribution in [1.82, 2.24) is 4.98 Å². The number of rotatable bonds is 4. The van der Waals surface area contributed by atoms with Gasteiger partial charge in [0.1, 0.15) is 4.83 Å². The van der Waals surface area contributed by atoms with Crippen LogP contribution >= 0.6 is 22.7 Å². The van der Waals surface area contributed by atoms with E-state index in [1.54, 1.807) is 35.6 Å². The molecule has 0 saturated heterocycles. The van der Waals surface area contributed by atoms with E-state index in [4.69, 9.17) is 0 Å². The van der Waals surface area contributed by atoms with Crippen LogP contribution < -0.4 is 15.1 Å². The largest absolute Gasteiger partial charge is 0.354 e. The van der Waals surface area contributed by atoms with E-state index in [0.29, 0.717) is 22.7 Å². The molecule has 3 heterocycles. The molecule has 6 nitrogen and oxygen atoms in total. The SMILES string of the molecule is CN(C)c1nc2sc(C(=O)Nc3ccc(C(=O)N4CCc5ccccc54)cc3)cc2s1. The first-order valence-electron chi connectivity index (χ1n) is 9.88. The Morgan fingerprint density at radius 3 is 2.58 bits per heavy atom. The molecule has 5 rings (SSSR count). The van der Waals surface area contributed by atoms with Crippen LogP contribution in [0.2, 0.25) is 0 Å². The summed E-state index contributed by atoms with van der Waals surface area (Å²) in [5.74, 6) is -0.196. The molecule has 8 heteroatoms. The third kappa shape index (κ3) is 3.68. The van der Waals surface area contributed by atoms with Gasteiger partial charge in [-0.05, 0) is 48.4 Å². The number of fused-ring (bicyclic) bond motifs is 2. The number of nitrogens with one attached hydrogen (secondary N) is 1. The molecule has 0 saturated carbocycles. The third-order valence-electron chi connectivity index (χ3n) is 5.21. The molecule has 2 aromatic carbocycles. The van der Waals surface area contributed by atoms with E-state index in [1.165, 1.54) is 16.9 Å². The summed E-state index contributed by atoms with van der Waals surface area (Å²) in [4.78, 5) is 35.4. The molecule has 0 fully saturated rings. The van der Waals surface area contributed by atoms with Crippen molar-refractivity contribution in [2.45, 2.75) is 6.42 Å². The minimum Gasteiger partial charge on any atom is -0.354 e. The maximum atomic E-state index is 12.9. The molecule has 1 aliphatic heterocycles. The Morgan fingerprint density at radius 1 is 1.06 bits per heavy atom. The van der Waals surface area contributed by atoms with Crippen molar-refractivity contribution in [2.75, 3.05) is 35.8 Å². The van der Waals surface area contributed by atoms with Crippen molar-refractivity contribution in [1.29, 1.82) is 0 Å². The van der Waals surface area contributed by atoms with Crippen molar-refractivity contribution in [3.63, 3.8) is 0 Å². The quantitative estimate of drug-likeness (QED) is 0.483. The van der Waals surface area contributed by atoms with Crippen LogP contribution in [0, 0.1) is 0 Å². The highest BCUT2D eigenvalue weighted by Crippen LogP contribution is 2.34. The van der Waals surface area contributed by atoms with Gasteiger partial charge in [0.05, 0.1) is 9.58 Å². The summed E-state index contributed by atoms with van der Waals surface area (Å²) < 4.78 is 1.01. The minimum absolute atomic E-state index is 0.0240. The zero-order valence-electron chi connectivity index (χ0n) is 17.1. The topological polar surface area (TPSA) is 65.5 Å². The Hall–Kier alpha value is -3.23. The second-order valence-corrected chi connectivity index (χ2v) is 9.58. The van der Waals surface area contributed by atoms with E-state index in [2.05, 4.69) is 16.4 Å². The van der Waals surface area contributed by atoms with Crippen molar-refractivity contribution >= 4 is 60.5 Å². The molecule has 0 aliphatic carbocycles. The van der Waals surface area contributed by atoms with Crippen LogP contribution in [0.15, 0.2) is 54.6 Å². The van der Waals surface area contributed by atoms with Gasteiger partial charge in [-0.2, -0.15) is 0 Å². The molecule has 31 heavy (non-hydrogen) atoms. The summed E-state index contributed by atoms with van der Waals surface area (Å²) in [6, 6.07) is 16.9. The number of aromatic nitrogens is 1. The number of anilines is 3. The number of amides is 2. The predicted octanol–water partition coefficient (Wildman–Crippen LogP) is 4.88. The van der Waals surface area contributed by atoms with Crippen molar-refractivity contribution in [2.24, 2.45) is 0 Å². The zero-order chi connectivity index (χ0) is 21.5. The summed E-state index contributed by atoms with van der Waals surface area (Å²) in [7, 11) is 3.90. The highest BCUT2D eigenvalue weighted by atomic mass is 32.1. The summed E-state index contributed by atoms with van der Waals surface area (Å²) in [5.41, 5.74) is 3.44. The lowest BCUT2D eigenvalue weighted by atomic mass is 10.1. The molecular formula is C23H20N4O2S2. The van der Waals surface area contributed by atoms with E-state index in [9.17, 15) is 9.59 Å². The molecule has 0 radical (unpaired) electrons. The van der Waals surface area contributed by atoms with E-state index >= 15 is 0 Å². The van der Waals surface area contributed by atoms with Crippen molar-refractivity contribution in [3.05, 3.63) is 70.6 Å². The van der Waals surface area contributed by atoms with Gasteiger partial charge in [0.2, 0.25) is 0 Å². The lowest BCUT2D eigenvalue weighted by Gasteiger charge is -2.17. The number of hydrogen-bond acceptors (Lipinski definition) is 6. The normalized spacial score (nSPS) is 12.8. The fourth-order valence-electron chi connectivity index (χ4n) is 3.62. The van der Waals surface area contributed by atoms with Gasteiger partial charge < -0.3 is 15.1 Å². The van der Waals surface area contributed by atoms with Gasteiger partial charge in [-0.3, -0.25) is 9.59 Å². The van der Waals surface area contributed by atoms with Crippen LogP contribution in [0.3, 0.4) is 0 Å². The smallest absolute Gasteiger partial charge is 0.265 e. The van der Waals surface area contributed by atoms with Gasteiger partial charge in [-0.15, -0.1) is 11.3 Å². The molecule has 0 bridgehead atoms. The molecule has 1 N–H and O–H groups in total. The molecule has 0 unspecified atom stereocenters. The lowest BCUT2D eigenvalue weighted by molar-refractivity contribution is 0.0988. The molecule has 4 aromatic rings. The molecular weight excluding hydrogens is 428 g/mol. The first-order valence-corrected chi connectivity index (χ1v) is 11.5. The average molecular weight is 449 g/mol. The number of nitrogens with zero attached hydrogens (tertiary/aromatic N) is 3. The van der Waals surface area contributed by atoms with Gasteiger partial charge in [0, 0.05) is 37.6 Å². The first-order chi connectivity index (χ1) is 15.0. The fraction of sp³-hybridized carbons (Fsp3) is 0.174. The van der Waals surface area contributed by atoms with E-state index in [-0.39, 0.29) is 11.8 Å². The van der Waals surface area contributed by atoms with Gasteiger partial charge in [0.15, 0.2) is 5.13 Å². The predicted molar refractivity (Wildman–Crippen MR) is 128 cm³/mol. The zero-order valence-corrected chi connectivity index (χ0v) is 18.7. The summed E-state index contributed by atoms with van der Waals surface area (Å²) >= 11 is 2.95. The Kier molecular flexibility index (Phi) is 4.95. The van der Waals surface area contributed by atoms with Crippen molar-refractivity contribution < 1.29 is 9.59 Å². The molecule has 2 aromatic heterocycles. The van der Waals surface area contributed by atoms with E-state index < -0.39 is 0 Å². The van der Waals surface area contributed by atoms with Gasteiger partial charge in [0.25, 0.3) is 11.8 Å². The Bertz CT molecular complexity index is 1260. The Balaban J connectivity index is 1.28. The summed E-state index contributed by atoms with van der Waals surface area (Å²) in [6.45, 7) is 0.690. The lowest BCUT2D eigenvalue weighted by Crippen LogP contribution is -2.28. The second-order valence-electron chi connectivity index (χ2n) is 7.54. The van der Waals surface area contributed by atoms with Crippen LogP contribution in [-0.2, 0) is 6.42 Å². The third-order valence-corrected chi connectivity index (χ3v) is 7.53. The Labute approximate surface area is 187 Å². The molecule has 0 atom stereocenters. The van der Waals surface area contributed by atoms with Crippen LogP contribution in [0.4, 0.5) is 16.5 Å². The highest BCUT2D eigenvalue weighted by molar-refractivity contribution is 7.29. The number of hydrogen-bond donors (Lipinski definition) is 1. The first kappa shape index (κ1) is 19.7. The average Bonchev–Trinajstić information content (AvgIpc) is 3.47. The number of benzene rings is 2. The van der Waals surface area contributed by atoms with E-state index in [0.717, 1.165) is 26.8 Å². The van der Waals surface area contributed by atoms with Gasteiger partial charge in [-0.1, -0.05) is 29.5 Å². The standard InChI is InChI=1S/C23H20N4O2S2/c1-26(2)23-25-21-19(31-23)13-18(30-21)20(28)24-16-9-7-15(8-10-16)22(29)27-12-11-14-5-3-4-6-17(14)27/h3-10,13H,11-12H2,1-2H3,(H,24,28). The van der Waals surface area contributed by atoms with Crippen molar-refractivity contribution in [3.8, 4) is 0 Å². The van der Waals surface area contributed by atoms with Gasteiger partial charge in [-0.25, -0.2) is 4.98 Å². The Morgan fingerprint density at radius 2 is 1.84 bits per heavy atom. The van der Waals surface area contributed by atoms with Gasteiger partial charge >= 0.3 is 0 Å². The monoisotopic (exact) mass is 448 g/mol. The van der Waals surface area contributed by atoms with E-state index in [1.807, 2.05) is 48.2 Å². The molecule has 156 valence electrons. The van der Waals surface area contributed by atoms with Crippen LogP contribution in [0.1, 0.15) is 25.6 Å². The second kappa shape index (κ2) is 7.79. The molecule has 0 spiro atoms. The number of carbonyl (C=O) groups is 2. The van der Waals surface area contributed by atoms with Crippen LogP contribution in [-0.4, -0.2) is 37.4 Å². The number of thiazole rings is 1. The summed E-state index contributed by atoms with van der Waals surface area (Å²) in [6.07, 6.45) is 0.874. The molecule has 1 aliphatic rings. The number of para-hydroxylation sites is 1. The van der Waals surface area contributed by atoms with Crippen LogP contribution in [0.25, 0.3) is 9.53 Å². The fourth-order valence-corrected chi connectivity index (χ4v) is 5.65. The maximum Gasteiger partial charge on any atom is 0.265 e.